The molecular formula is C9H9FN2O. The van der Waals surface area contributed by atoms with Gasteiger partial charge in [-0.3, -0.25) is 4.79 Å². The van der Waals surface area contributed by atoms with E-state index in [0.717, 1.165) is 0 Å². The van der Waals surface area contributed by atoms with Gasteiger partial charge in [-0.15, -0.1) is 0 Å². The number of hydrogen-bond acceptors (Lipinski definition) is 2. The molecule has 1 aliphatic rings. The van der Waals surface area contributed by atoms with Crippen LogP contribution in [0.25, 0.3) is 0 Å². The highest BCUT2D eigenvalue weighted by molar-refractivity contribution is 6.03. The Labute approximate surface area is 74.9 Å². The van der Waals surface area contributed by atoms with Crippen LogP contribution in [0, 0.1) is 5.82 Å². The first-order chi connectivity index (χ1) is 6.18. The summed E-state index contributed by atoms with van der Waals surface area (Å²) in [7, 11) is 0. The number of nitrogens with two attached hydrogens (primary N) is 1. The van der Waals surface area contributed by atoms with E-state index >= 15 is 0 Å². The van der Waals surface area contributed by atoms with Crippen molar-refractivity contribution in [3.05, 3.63) is 30.1 Å². The van der Waals surface area contributed by atoms with Gasteiger partial charge in [-0.25, -0.2) is 4.39 Å². The van der Waals surface area contributed by atoms with Gasteiger partial charge >= 0.3 is 0 Å². The molecular weight excluding hydrogens is 171 g/mol. The summed E-state index contributed by atoms with van der Waals surface area (Å²) in [5.74, 6) is -0.410. The lowest BCUT2D eigenvalue weighted by Gasteiger charge is -2.36. The van der Waals surface area contributed by atoms with Crippen LogP contribution >= 0.6 is 0 Å². The second-order valence-electron chi connectivity index (χ2n) is 3.03. The van der Waals surface area contributed by atoms with Gasteiger partial charge < -0.3 is 10.6 Å². The fraction of sp³-hybridized carbons (Fsp3) is 0.222. The van der Waals surface area contributed by atoms with Crippen molar-refractivity contribution in [2.75, 3.05) is 11.4 Å². The Morgan fingerprint density at radius 1 is 1.38 bits per heavy atom. The maximum atomic E-state index is 12.5. The fourth-order valence-corrected chi connectivity index (χ4v) is 1.31. The topological polar surface area (TPSA) is 46.3 Å². The van der Waals surface area contributed by atoms with Crippen LogP contribution in [-0.2, 0) is 4.79 Å². The highest BCUT2D eigenvalue weighted by Crippen LogP contribution is 2.20. The highest BCUT2D eigenvalue weighted by Gasteiger charge is 2.34. The van der Waals surface area contributed by atoms with Crippen LogP contribution in [0.1, 0.15) is 0 Å². The first-order valence-electron chi connectivity index (χ1n) is 4.01. The third kappa shape index (κ3) is 1.29. The van der Waals surface area contributed by atoms with Crippen molar-refractivity contribution < 1.29 is 9.18 Å². The molecule has 0 aliphatic carbocycles. The zero-order valence-corrected chi connectivity index (χ0v) is 6.90. The molecule has 1 amide bonds. The van der Waals surface area contributed by atoms with Crippen molar-refractivity contribution in [3.63, 3.8) is 0 Å². The van der Waals surface area contributed by atoms with E-state index in [9.17, 15) is 9.18 Å². The number of β-lactam (4-membered cyclic amide) rings is 1. The lowest BCUT2D eigenvalue weighted by atomic mass is 10.1. The quantitative estimate of drug-likeness (QED) is 0.640. The van der Waals surface area contributed by atoms with E-state index < -0.39 is 0 Å². The van der Waals surface area contributed by atoms with E-state index in [1.54, 1.807) is 12.1 Å². The van der Waals surface area contributed by atoms with E-state index in [4.69, 9.17) is 5.73 Å². The molecule has 1 aromatic rings. The molecule has 0 radical (unpaired) electrons. The van der Waals surface area contributed by atoms with Gasteiger partial charge in [-0.05, 0) is 24.3 Å². The Hall–Kier alpha value is -1.42. The molecule has 0 saturated carbocycles. The molecule has 2 N–H and O–H groups in total. The second kappa shape index (κ2) is 2.81. The summed E-state index contributed by atoms with van der Waals surface area (Å²) in [6.45, 7) is 0.518. The number of benzene rings is 1. The SMILES string of the molecule is N[C@H]1CN(c2ccc(F)cc2)C1=O. The normalized spacial score (nSPS) is 21.5. The largest absolute Gasteiger partial charge is 0.318 e. The predicted molar refractivity (Wildman–Crippen MR) is 46.7 cm³/mol. The number of halogens is 1. The number of amides is 1. The van der Waals surface area contributed by atoms with Crippen molar-refractivity contribution >= 4 is 11.6 Å². The molecule has 0 unspecified atom stereocenters. The Balaban J connectivity index is 2.19. The van der Waals surface area contributed by atoms with Crippen molar-refractivity contribution in [3.8, 4) is 0 Å². The summed E-state index contributed by atoms with van der Waals surface area (Å²) in [6, 6.07) is 5.40. The van der Waals surface area contributed by atoms with Gasteiger partial charge in [-0.2, -0.15) is 0 Å². The lowest BCUT2D eigenvalue weighted by molar-refractivity contribution is -0.123. The molecule has 1 aliphatic heterocycles. The molecule has 4 heteroatoms. The predicted octanol–water partition coefficient (Wildman–Crippen LogP) is 0.500. The number of carbonyl (C=O) groups excluding carboxylic acids is 1. The lowest BCUT2D eigenvalue weighted by Crippen LogP contribution is -2.61. The van der Waals surface area contributed by atoms with Gasteiger partial charge in [0.25, 0.3) is 0 Å². The summed E-state index contributed by atoms with van der Waals surface area (Å²) < 4.78 is 12.5. The van der Waals surface area contributed by atoms with Gasteiger partial charge in [0.1, 0.15) is 11.9 Å². The molecule has 1 heterocycles. The van der Waals surface area contributed by atoms with Crippen molar-refractivity contribution in [1.82, 2.24) is 0 Å². The zero-order chi connectivity index (χ0) is 9.42. The van der Waals surface area contributed by atoms with Gasteiger partial charge in [0.2, 0.25) is 5.91 Å². The smallest absolute Gasteiger partial charge is 0.245 e. The van der Waals surface area contributed by atoms with Gasteiger partial charge in [-0.1, -0.05) is 0 Å². The maximum absolute atomic E-state index is 12.5. The van der Waals surface area contributed by atoms with Crippen LogP contribution < -0.4 is 10.6 Å². The summed E-state index contributed by atoms with van der Waals surface area (Å²) in [4.78, 5) is 12.7. The molecule has 0 spiro atoms. The molecule has 1 atom stereocenters. The monoisotopic (exact) mass is 180 g/mol. The van der Waals surface area contributed by atoms with Crippen molar-refractivity contribution in [1.29, 1.82) is 0 Å². The number of rotatable bonds is 1. The fourth-order valence-electron chi connectivity index (χ4n) is 1.31. The Morgan fingerprint density at radius 3 is 2.46 bits per heavy atom. The van der Waals surface area contributed by atoms with Gasteiger partial charge in [0.05, 0.1) is 6.54 Å². The van der Waals surface area contributed by atoms with E-state index in [-0.39, 0.29) is 17.8 Å². The molecule has 68 valence electrons. The molecule has 1 fully saturated rings. The molecule has 13 heavy (non-hydrogen) atoms. The van der Waals surface area contributed by atoms with Crippen molar-refractivity contribution in [2.45, 2.75) is 6.04 Å². The number of hydrogen-bond donors (Lipinski definition) is 1. The molecule has 2 rings (SSSR count). The molecule has 1 saturated heterocycles. The van der Waals surface area contributed by atoms with E-state index in [2.05, 4.69) is 0 Å². The highest BCUT2D eigenvalue weighted by atomic mass is 19.1. The Bertz CT molecular complexity index is 336. The minimum atomic E-state index is -0.384. The summed E-state index contributed by atoms with van der Waals surface area (Å²) >= 11 is 0. The van der Waals surface area contributed by atoms with Crippen LogP contribution in [-0.4, -0.2) is 18.5 Å². The van der Waals surface area contributed by atoms with Crippen molar-refractivity contribution in [2.24, 2.45) is 5.73 Å². The average Bonchev–Trinajstić information content (AvgIpc) is 2.15. The summed E-state index contributed by atoms with van der Waals surface area (Å²) in [5.41, 5.74) is 6.12. The number of carbonyl (C=O) groups is 1. The van der Waals surface area contributed by atoms with Crippen LogP contribution in [0.5, 0.6) is 0 Å². The molecule has 0 bridgehead atoms. The van der Waals surface area contributed by atoms with Gasteiger partial charge in [0.15, 0.2) is 0 Å². The summed E-state index contributed by atoms with van der Waals surface area (Å²) in [5, 5.41) is 0. The standard InChI is InChI=1S/C9H9FN2O/c10-6-1-3-7(4-2-6)12-5-8(11)9(12)13/h1-4,8H,5,11H2/t8-/m0/s1. The first-order valence-corrected chi connectivity index (χ1v) is 4.01. The van der Waals surface area contributed by atoms with Crippen LogP contribution in [0.2, 0.25) is 0 Å². The van der Waals surface area contributed by atoms with E-state index in [1.165, 1.54) is 17.0 Å². The average molecular weight is 180 g/mol. The van der Waals surface area contributed by atoms with Gasteiger partial charge in [0, 0.05) is 5.69 Å². The van der Waals surface area contributed by atoms with Crippen LogP contribution in [0.4, 0.5) is 10.1 Å². The second-order valence-corrected chi connectivity index (χ2v) is 3.03. The molecule has 3 nitrogen and oxygen atoms in total. The van der Waals surface area contributed by atoms with Crippen LogP contribution in [0.3, 0.4) is 0 Å². The minimum Gasteiger partial charge on any atom is -0.318 e. The first kappa shape index (κ1) is 8.19. The Kier molecular flexibility index (Phi) is 1.77. The number of nitrogens with zero attached hydrogens (tertiary/aromatic N) is 1. The number of anilines is 1. The molecule has 0 aromatic heterocycles. The summed E-state index contributed by atoms with van der Waals surface area (Å²) in [6.07, 6.45) is 0. The van der Waals surface area contributed by atoms with E-state index in [1.807, 2.05) is 0 Å². The zero-order valence-electron chi connectivity index (χ0n) is 6.90. The molecule has 1 aromatic carbocycles. The minimum absolute atomic E-state index is 0.105. The van der Waals surface area contributed by atoms with Crippen LogP contribution in [0.15, 0.2) is 24.3 Å². The Morgan fingerprint density at radius 2 is 2.00 bits per heavy atom. The third-order valence-electron chi connectivity index (χ3n) is 2.10. The van der Waals surface area contributed by atoms with E-state index in [0.29, 0.717) is 12.2 Å². The maximum Gasteiger partial charge on any atom is 0.245 e. The third-order valence-corrected chi connectivity index (χ3v) is 2.10.